The molecule has 2 N–H and O–H groups in total. The first-order valence-corrected chi connectivity index (χ1v) is 42.4. The maximum Gasteiger partial charge on any atom is 0.407 e. The minimum absolute atomic E-state index is 0.0749. The topological polar surface area (TPSA) is 131 Å². The molecule has 0 spiro atoms. The number of benzene rings is 5. The van der Waals surface area contributed by atoms with Gasteiger partial charge in [-0.3, -0.25) is 9.59 Å². The molecule has 0 radical (unpaired) electrons. The molecule has 5 aromatic carbocycles. The van der Waals surface area contributed by atoms with Crippen LogP contribution >= 0.6 is 0 Å². The lowest BCUT2D eigenvalue weighted by molar-refractivity contribution is -0.131. The zero-order valence-corrected chi connectivity index (χ0v) is 64.4. The number of Topliss-reactive ketones (excluding diaryl/α,β-unsaturated/α-hetero) is 1. The number of ketones is 1. The zero-order valence-electron chi connectivity index (χ0n) is 62.4. The molecule has 11 nitrogen and oxygen atoms in total. The van der Waals surface area contributed by atoms with Gasteiger partial charge in [0, 0.05) is 54.7 Å². The van der Waals surface area contributed by atoms with E-state index in [1.54, 1.807) is 0 Å². The first kappa shape index (κ1) is 78.6. The number of unbranched alkanes of at least 4 members (excludes halogenated alkanes) is 16. The molecule has 0 saturated carbocycles. The lowest BCUT2D eigenvalue weighted by Crippen LogP contribution is -2.47. The second-order valence-corrected chi connectivity index (χ2v) is 41.5. The molecular weight excluding hydrogens is 1240 g/mol. The molecule has 7 rings (SSSR count). The number of alkyl carbamates (subject to hydrolysis) is 1. The third-order valence-electron chi connectivity index (χ3n) is 21.2. The quantitative estimate of drug-likeness (QED) is 0.0289. The molecule has 1 aliphatic heterocycles. The van der Waals surface area contributed by atoms with Gasteiger partial charge in [-0.1, -0.05) is 266 Å². The number of carbonyl (C=O) groups excluding carboxylic acids is 3. The first-order valence-electron chi connectivity index (χ1n) is 38.1. The number of ether oxygens (including phenoxy) is 4. The van der Waals surface area contributed by atoms with Gasteiger partial charge in [0.05, 0.1) is 25.3 Å². The van der Waals surface area contributed by atoms with Gasteiger partial charge in [-0.15, -0.1) is 0 Å². The number of hydrogen-bond acceptors (Lipinski definition) is 9. The number of fused-ring (bicyclic) bond motifs is 5. The van der Waals surface area contributed by atoms with E-state index in [0.29, 0.717) is 75.9 Å². The first-order chi connectivity index (χ1) is 46.7. The largest absolute Gasteiger partial charge is 0.493 e. The average molecular weight is 1360 g/mol. The van der Waals surface area contributed by atoms with Crippen LogP contribution in [0.15, 0.2) is 115 Å². The minimum Gasteiger partial charge on any atom is -0.493 e. The summed E-state index contributed by atoms with van der Waals surface area (Å²) in [6.45, 7) is 35.7. The molecule has 2 aliphatic rings. The fourth-order valence-corrected chi connectivity index (χ4v) is 27.4. The van der Waals surface area contributed by atoms with Crippen LogP contribution in [0.25, 0.3) is 11.1 Å². The average Bonchev–Trinajstić information content (AvgIpc) is 1.74. The monoisotopic (exact) mass is 1360 g/mol. The second-order valence-electron chi connectivity index (χ2n) is 30.5. The van der Waals surface area contributed by atoms with E-state index in [9.17, 15) is 9.59 Å². The molecule has 97 heavy (non-hydrogen) atoms. The molecule has 1 aliphatic carbocycles. The molecule has 2 atom stereocenters. The van der Waals surface area contributed by atoms with Crippen molar-refractivity contribution in [2.24, 2.45) is 11.8 Å². The summed E-state index contributed by atoms with van der Waals surface area (Å²) in [5.41, 5.74) is 10.7. The van der Waals surface area contributed by atoms with Crippen molar-refractivity contribution in [3.63, 3.8) is 0 Å². The Morgan fingerprint density at radius 1 is 0.454 bits per heavy atom. The van der Waals surface area contributed by atoms with Gasteiger partial charge >= 0.3 is 6.09 Å². The van der Waals surface area contributed by atoms with E-state index in [-0.39, 0.29) is 43.0 Å². The van der Waals surface area contributed by atoms with Crippen LogP contribution in [0.3, 0.4) is 0 Å². The van der Waals surface area contributed by atoms with Gasteiger partial charge in [-0.25, -0.2) is 4.79 Å². The van der Waals surface area contributed by atoms with Gasteiger partial charge in [0.25, 0.3) is 0 Å². The molecule has 2 amide bonds. The van der Waals surface area contributed by atoms with Crippen LogP contribution in [-0.2, 0) is 29.6 Å². The Bertz CT molecular complexity index is 2960. The summed E-state index contributed by atoms with van der Waals surface area (Å²) in [5, 5.41) is 6.39. The molecular formula is C84H126N2O9Si2. The van der Waals surface area contributed by atoms with E-state index in [1.807, 2.05) is 91.0 Å². The zero-order chi connectivity index (χ0) is 69.9. The minimum atomic E-state index is -1.79. The summed E-state index contributed by atoms with van der Waals surface area (Å²) in [6.07, 6.45) is 21.4. The summed E-state index contributed by atoms with van der Waals surface area (Å²) in [4.78, 5) is 43.8. The predicted octanol–water partition coefficient (Wildman–Crippen LogP) is 22.9. The van der Waals surface area contributed by atoms with Gasteiger partial charge < -0.3 is 38.4 Å². The van der Waals surface area contributed by atoms with Crippen molar-refractivity contribution in [1.29, 1.82) is 0 Å². The molecule has 0 bridgehead atoms. The van der Waals surface area contributed by atoms with Crippen LogP contribution in [0.5, 0.6) is 23.0 Å². The molecule has 13 heteroatoms. The van der Waals surface area contributed by atoms with Crippen molar-refractivity contribution in [3.05, 3.63) is 143 Å². The molecule has 1 heterocycles. The van der Waals surface area contributed by atoms with Crippen molar-refractivity contribution in [1.82, 2.24) is 10.6 Å². The summed E-state index contributed by atoms with van der Waals surface area (Å²) < 4.78 is 39.2. The summed E-state index contributed by atoms with van der Waals surface area (Å²) in [7, 11) is -3.58. The van der Waals surface area contributed by atoms with E-state index in [0.717, 1.165) is 90.7 Å². The van der Waals surface area contributed by atoms with Crippen LogP contribution in [0.2, 0.25) is 33.2 Å². The maximum atomic E-state index is 15.1. The summed E-state index contributed by atoms with van der Waals surface area (Å²) in [6, 6.07) is 36.4. The Morgan fingerprint density at radius 3 is 1.26 bits per heavy atom. The van der Waals surface area contributed by atoms with E-state index < -0.39 is 40.7 Å². The number of amides is 2. The number of hydrogen-bond donors (Lipinski definition) is 2. The van der Waals surface area contributed by atoms with E-state index >= 15 is 4.79 Å². The Kier molecular flexibility index (Phi) is 32.3. The fraction of sp³-hybridized carbons (Fsp3) is 0.607. The Morgan fingerprint density at radius 2 is 0.845 bits per heavy atom. The van der Waals surface area contributed by atoms with Crippen molar-refractivity contribution >= 4 is 34.4 Å². The molecule has 0 unspecified atom stereocenters. The molecule has 0 aromatic heterocycles. The Balaban J connectivity index is 0.950. The molecule has 0 saturated heterocycles. The van der Waals surface area contributed by atoms with E-state index in [2.05, 4.69) is 132 Å². The highest BCUT2D eigenvalue weighted by molar-refractivity contribution is 6.78. The standard InChI is InChI=1S/C84H126N2O9Si2/c1-60(2)54-68(56-79(87)78(55-67-40-30-29-31-41-67)85-84(89)92-59-77-73-44-34-32-42-71(73)72-43-33-35-45-74(72)77)83(88)86-82-75-48-46-69(90-50-36-25-21-17-15-19-23-27-38-52-93-96(61(3)4,62(5)6)63(7)8)57-80(75)95-81-58-70(47-49-76(81)82)91-51-37-26-22-18-16-20-24-28-39-53-94-97(64(9)10,65(11)12)66(13)14/h29-35,40-49,57-58,60-66,68,77-78,82H,15-28,36-39,50-56,59H2,1-14H3,(H,85,89)(H,86,88)/t68-,78+/m1/s1. The number of carbonyl (C=O) groups is 3. The van der Waals surface area contributed by atoms with Gasteiger partial charge in [-0.2, -0.15) is 0 Å². The normalized spacial score (nSPS) is 13.9. The maximum absolute atomic E-state index is 15.1. The Hall–Kier alpha value is -5.74. The Labute approximate surface area is 589 Å². The van der Waals surface area contributed by atoms with Crippen molar-refractivity contribution < 1.29 is 42.2 Å². The van der Waals surface area contributed by atoms with Crippen molar-refractivity contribution in [3.8, 4) is 34.1 Å². The predicted molar refractivity (Wildman–Crippen MR) is 406 cm³/mol. The molecule has 0 fully saturated rings. The van der Waals surface area contributed by atoms with Crippen molar-refractivity contribution in [2.45, 2.75) is 283 Å². The van der Waals surface area contributed by atoms with Gasteiger partial charge in [0.1, 0.15) is 29.6 Å². The second kappa shape index (κ2) is 39.9. The summed E-state index contributed by atoms with van der Waals surface area (Å²) >= 11 is 0. The SMILES string of the molecule is CC(C)C[C@H](CC(=O)[C@H](Cc1ccccc1)NC(=O)OCC1c2ccccc2-c2ccccc21)C(=O)NC1c2ccc(OCCCCCCCCCCCO[Si](C(C)C)(C(C)C)C(C)C)cc2Oc2cc(OCCCCCCCCCCCO[Si](C(C)C)(C(C)C)C(C)C)ccc21. The van der Waals surface area contributed by atoms with Crippen LogP contribution < -0.4 is 24.8 Å². The highest BCUT2D eigenvalue weighted by atomic mass is 28.4. The fourth-order valence-electron chi connectivity index (χ4n) is 16.4. The number of nitrogens with one attached hydrogen (secondary N) is 2. The third-order valence-corrected chi connectivity index (χ3v) is 33.4. The van der Waals surface area contributed by atoms with Gasteiger partial charge in [-0.05, 0) is 130 Å². The van der Waals surface area contributed by atoms with E-state index in [1.165, 1.54) is 77.0 Å². The molecule has 5 aromatic rings. The van der Waals surface area contributed by atoms with Crippen LogP contribution in [0, 0.1) is 11.8 Å². The van der Waals surface area contributed by atoms with Crippen LogP contribution in [-0.4, -0.2) is 73.5 Å². The van der Waals surface area contributed by atoms with Crippen LogP contribution in [0.4, 0.5) is 4.79 Å². The highest BCUT2D eigenvalue weighted by Gasteiger charge is 2.46. The van der Waals surface area contributed by atoms with Crippen LogP contribution in [0.1, 0.15) is 265 Å². The molecule has 534 valence electrons. The third kappa shape index (κ3) is 22.4. The smallest absolute Gasteiger partial charge is 0.407 e. The van der Waals surface area contributed by atoms with Crippen molar-refractivity contribution in [2.75, 3.05) is 33.0 Å². The lowest BCUT2D eigenvalue weighted by Gasteiger charge is -2.42. The number of rotatable bonds is 46. The lowest BCUT2D eigenvalue weighted by atomic mass is 9.87. The van der Waals surface area contributed by atoms with E-state index in [4.69, 9.17) is 27.8 Å². The summed E-state index contributed by atoms with van der Waals surface area (Å²) in [5.74, 6) is 1.42. The van der Waals surface area contributed by atoms with Gasteiger partial charge in [0.15, 0.2) is 22.4 Å². The highest BCUT2D eigenvalue weighted by Crippen LogP contribution is 2.48. The van der Waals surface area contributed by atoms with Gasteiger partial charge in [0.2, 0.25) is 5.91 Å².